The number of hydrogen-bond acceptors (Lipinski definition) is 6. The highest BCUT2D eigenvalue weighted by Gasteiger charge is 2.24. The standard InChI is InChI=1S/C23H31N5S/c1-26(2)13-14-27(3)15-18-9-11-28(12-10-18)22-21-20(19-7-5-4-6-8-19)16-29-23(21)25-17-24-22/h4-8,16-18H,9-15H2,1-3H3. The number of thiophene rings is 1. The van der Waals surface area contributed by atoms with Gasteiger partial charge in [0.1, 0.15) is 17.0 Å². The van der Waals surface area contributed by atoms with E-state index in [9.17, 15) is 0 Å². The summed E-state index contributed by atoms with van der Waals surface area (Å²) >= 11 is 1.72. The Morgan fingerprint density at radius 1 is 1.03 bits per heavy atom. The number of hydrogen-bond donors (Lipinski definition) is 0. The van der Waals surface area contributed by atoms with Gasteiger partial charge in [-0.3, -0.25) is 0 Å². The first kappa shape index (κ1) is 20.3. The zero-order valence-corrected chi connectivity index (χ0v) is 18.5. The minimum Gasteiger partial charge on any atom is -0.356 e. The maximum absolute atomic E-state index is 4.73. The van der Waals surface area contributed by atoms with Crippen LogP contribution in [-0.4, -0.2) is 73.6 Å². The highest BCUT2D eigenvalue weighted by Crippen LogP contribution is 2.38. The van der Waals surface area contributed by atoms with E-state index in [1.807, 2.05) is 0 Å². The van der Waals surface area contributed by atoms with E-state index in [0.29, 0.717) is 0 Å². The Balaban J connectivity index is 1.47. The summed E-state index contributed by atoms with van der Waals surface area (Å²) in [5.41, 5.74) is 2.50. The second-order valence-corrected chi connectivity index (χ2v) is 9.25. The molecule has 0 aliphatic carbocycles. The van der Waals surface area contributed by atoms with Gasteiger partial charge in [0.2, 0.25) is 0 Å². The van der Waals surface area contributed by atoms with Gasteiger partial charge in [0.25, 0.3) is 0 Å². The van der Waals surface area contributed by atoms with Gasteiger partial charge >= 0.3 is 0 Å². The van der Waals surface area contributed by atoms with Gasteiger partial charge in [0, 0.05) is 43.7 Å². The van der Waals surface area contributed by atoms with Crippen LogP contribution in [0, 0.1) is 5.92 Å². The summed E-state index contributed by atoms with van der Waals surface area (Å²) in [4.78, 5) is 17.6. The van der Waals surface area contributed by atoms with Gasteiger partial charge in [-0.1, -0.05) is 30.3 Å². The third-order valence-corrected chi connectivity index (χ3v) is 6.73. The second-order valence-electron chi connectivity index (χ2n) is 8.39. The molecule has 5 nitrogen and oxygen atoms in total. The van der Waals surface area contributed by atoms with Gasteiger partial charge in [-0.15, -0.1) is 11.3 Å². The molecule has 3 aromatic rings. The molecule has 0 radical (unpaired) electrons. The highest BCUT2D eigenvalue weighted by atomic mass is 32.1. The summed E-state index contributed by atoms with van der Waals surface area (Å²) in [6, 6.07) is 10.6. The lowest BCUT2D eigenvalue weighted by molar-refractivity contribution is 0.227. The zero-order valence-electron chi connectivity index (χ0n) is 17.7. The van der Waals surface area contributed by atoms with Gasteiger partial charge in [-0.2, -0.15) is 0 Å². The van der Waals surface area contributed by atoms with Crippen LogP contribution in [-0.2, 0) is 0 Å². The molecule has 0 amide bonds. The van der Waals surface area contributed by atoms with Crippen molar-refractivity contribution in [3.63, 3.8) is 0 Å². The van der Waals surface area contributed by atoms with E-state index in [4.69, 9.17) is 4.98 Å². The molecule has 1 fully saturated rings. The summed E-state index contributed by atoms with van der Waals surface area (Å²) in [6.07, 6.45) is 4.18. The van der Waals surface area contributed by atoms with Crippen molar-refractivity contribution in [3.05, 3.63) is 42.0 Å². The van der Waals surface area contributed by atoms with E-state index in [1.54, 1.807) is 17.7 Å². The first-order valence-electron chi connectivity index (χ1n) is 10.5. The molecule has 1 saturated heterocycles. The molecule has 0 atom stereocenters. The Hall–Kier alpha value is -2.02. The fourth-order valence-corrected chi connectivity index (χ4v) is 5.07. The Labute approximate surface area is 178 Å². The minimum atomic E-state index is 0.770. The number of nitrogens with zero attached hydrogens (tertiary/aromatic N) is 5. The van der Waals surface area contributed by atoms with E-state index in [2.05, 4.69) is 76.5 Å². The average molecular weight is 410 g/mol. The molecule has 0 spiro atoms. The fourth-order valence-electron chi connectivity index (χ4n) is 4.16. The molecule has 0 N–H and O–H groups in total. The Morgan fingerprint density at radius 3 is 2.52 bits per heavy atom. The van der Waals surface area contributed by atoms with Crippen molar-refractivity contribution in [1.82, 2.24) is 19.8 Å². The topological polar surface area (TPSA) is 35.5 Å². The van der Waals surface area contributed by atoms with Crippen molar-refractivity contribution >= 4 is 27.4 Å². The largest absolute Gasteiger partial charge is 0.356 e. The van der Waals surface area contributed by atoms with Crippen LogP contribution >= 0.6 is 11.3 Å². The molecule has 0 bridgehead atoms. The second kappa shape index (κ2) is 9.20. The molecule has 154 valence electrons. The molecule has 29 heavy (non-hydrogen) atoms. The van der Waals surface area contributed by atoms with E-state index in [-0.39, 0.29) is 0 Å². The summed E-state index contributed by atoms with van der Waals surface area (Å²) in [5.74, 6) is 1.88. The van der Waals surface area contributed by atoms with Crippen LogP contribution in [0.3, 0.4) is 0 Å². The van der Waals surface area contributed by atoms with Crippen molar-refractivity contribution in [2.24, 2.45) is 5.92 Å². The van der Waals surface area contributed by atoms with Crippen LogP contribution in [0.25, 0.3) is 21.3 Å². The van der Waals surface area contributed by atoms with Gasteiger partial charge in [-0.05, 0) is 45.5 Å². The molecule has 1 aliphatic heterocycles. The third-order valence-electron chi connectivity index (χ3n) is 5.85. The predicted octanol–water partition coefficient (Wildman–Crippen LogP) is 4.07. The van der Waals surface area contributed by atoms with Crippen molar-refractivity contribution in [2.45, 2.75) is 12.8 Å². The molecule has 6 heteroatoms. The molecule has 3 heterocycles. The van der Waals surface area contributed by atoms with Gasteiger partial charge in [0.05, 0.1) is 5.39 Å². The first-order valence-corrected chi connectivity index (χ1v) is 11.4. The lowest BCUT2D eigenvalue weighted by Gasteiger charge is -2.35. The molecule has 4 rings (SSSR count). The molecule has 0 unspecified atom stereocenters. The minimum absolute atomic E-state index is 0.770. The van der Waals surface area contributed by atoms with Gasteiger partial charge < -0.3 is 14.7 Å². The van der Waals surface area contributed by atoms with E-state index in [0.717, 1.165) is 42.7 Å². The van der Waals surface area contributed by atoms with Crippen molar-refractivity contribution in [2.75, 3.05) is 58.8 Å². The van der Waals surface area contributed by atoms with Crippen LogP contribution in [0.4, 0.5) is 5.82 Å². The number of anilines is 1. The first-order chi connectivity index (χ1) is 14.1. The summed E-state index contributed by atoms with van der Waals surface area (Å²) < 4.78 is 0. The number of likely N-dealkylation sites (N-methyl/N-ethyl adjacent to an activating group) is 2. The number of aromatic nitrogens is 2. The lowest BCUT2D eigenvalue weighted by Crippen LogP contribution is -2.39. The normalized spacial score (nSPS) is 15.7. The van der Waals surface area contributed by atoms with E-state index < -0.39 is 0 Å². The summed E-state index contributed by atoms with van der Waals surface area (Å²) in [5, 5.41) is 3.44. The van der Waals surface area contributed by atoms with Crippen molar-refractivity contribution in [3.8, 4) is 11.1 Å². The average Bonchev–Trinajstić information content (AvgIpc) is 3.18. The molecule has 0 saturated carbocycles. The van der Waals surface area contributed by atoms with Crippen LogP contribution < -0.4 is 4.90 Å². The Bertz CT molecular complexity index is 915. The quantitative estimate of drug-likeness (QED) is 0.588. The Morgan fingerprint density at radius 2 is 1.79 bits per heavy atom. The zero-order chi connectivity index (χ0) is 20.2. The van der Waals surface area contributed by atoms with E-state index >= 15 is 0 Å². The monoisotopic (exact) mass is 409 g/mol. The maximum atomic E-state index is 4.73. The number of fused-ring (bicyclic) bond motifs is 1. The molecule has 1 aromatic carbocycles. The SMILES string of the molecule is CN(C)CCN(C)CC1CCN(c2ncnc3scc(-c4ccccc4)c23)CC1. The Kier molecular flexibility index (Phi) is 6.43. The maximum Gasteiger partial charge on any atom is 0.141 e. The molecule has 1 aliphatic rings. The molecule has 2 aromatic heterocycles. The van der Waals surface area contributed by atoms with Crippen LogP contribution in [0.5, 0.6) is 0 Å². The van der Waals surface area contributed by atoms with Crippen molar-refractivity contribution in [1.29, 1.82) is 0 Å². The van der Waals surface area contributed by atoms with Gasteiger partial charge in [0.15, 0.2) is 0 Å². The highest BCUT2D eigenvalue weighted by molar-refractivity contribution is 7.17. The number of rotatable bonds is 7. The lowest BCUT2D eigenvalue weighted by atomic mass is 9.96. The predicted molar refractivity (Wildman–Crippen MR) is 124 cm³/mol. The summed E-state index contributed by atoms with van der Waals surface area (Å²) in [7, 11) is 6.53. The van der Waals surface area contributed by atoms with Gasteiger partial charge in [-0.25, -0.2) is 9.97 Å². The van der Waals surface area contributed by atoms with Crippen LogP contribution in [0.15, 0.2) is 42.0 Å². The fraction of sp³-hybridized carbons (Fsp3) is 0.478. The molecular weight excluding hydrogens is 378 g/mol. The smallest absolute Gasteiger partial charge is 0.141 e. The van der Waals surface area contributed by atoms with Crippen LogP contribution in [0.1, 0.15) is 12.8 Å². The molecular formula is C23H31N5S. The number of benzene rings is 1. The third kappa shape index (κ3) is 4.77. The van der Waals surface area contributed by atoms with Crippen molar-refractivity contribution < 1.29 is 0 Å². The number of piperidine rings is 1. The summed E-state index contributed by atoms with van der Waals surface area (Å²) in [6.45, 7) is 5.59. The van der Waals surface area contributed by atoms with Crippen LogP contribution in [0.2, 0.25) is 0 Å². The van der Waals surface area contributed by atoms with E-state index in [1.165, 1.54) is 35.9 Å².